The Labute approximate surface area is 312 Å². The van der Waals surface area contributed by atoms with E-state index in [4.69, 9.17) is 24.9 Å². The second-order valence-corrected chi connectivity index (χ2v) is 13.4. The Hall–Kier alpha value is -7.37. The van der Waals surface area contributed by atoms with Gasteiger partial charge in [-0.05, 0) is 59.2 Å². The molecule has 0 aliphatic carbocycles. The summed E-state index contributed by atoms with van der Waals surface area (Å²) in [5, 5.41) is 3.19. The molecule has 4 heterocycles. The number of aromatic nitrogens is 5. The molecule has 0 radical (unpaired) electrons. The Morgan fingerprint density at radius 3 is 1.56 bits per heavy atom. The SMILES string of the molecule is c1ccc(-c2ccc(-c3cc(-c4cc(-c5ccc6ccc7cccnc7c6n5)cc(-c5cccc6cccnc56)c4)nc(-c4ccccc4)n3)cc2)cc1. The maximum atomic E-state index is 5.26. The number of hydrogen-bond acceptors (Lipinski definition) is 5. The van der Waals surface area contributed by atoms with Gasteiger partial charge >= 0.3 is 0 Å². The first-order valence-corrected chi connectivity index (χ1v) is 18.0. The predicted octanol–water partition coefficient (Wildman–Crippen LogP) is 12.1. The second kappa shape index (κ2) is 13.3. The van der Waals surface area contributed by atoms with Gasteiger partial charge in [0.25, 0.3) is 0 Å². The molecule has 54 heavy (non-hydrogen) atoms. The lowest BCUT2D eigenvalue weighted by Crippen LogP contribution is -1.97. The van der Waals surface area contributed by atoms with E-state index < -0.39 is 0 Å². The van der Waals surface area contributed by atoms with Gasteiger partial charge in [0, 0.05) is 56.4 Å². The topological polar surface area (TPSA) is 64.5 Å². The Morgan fingerprint density at radius 1 is 0.278 bits per heavy atom. The number of rotatable bonds is 6. The highest BCUT2D eigenvalue weighted by Gasteiger charge is 2.16. The van der Waals surface area contributed by atoms with Gasteiger partial charge in [0.05, 0.1) is 33.6 Å². The number of pyridine rings is 3. The van der Waals surface area contributed by atoms with Gasteiger partial charge in [0.2, 0.25) is 0 Å². The summed E-state index contributed by atoms with van der Waals surface area (Å²) in [5.74, 6) is 0.662. The largest absolute Gasteiger partial charge is 0.256 e. The molecule has 10 rings (SSSR count). The van der Waals surface area contributed by atoms with Crippen LogP contribution in [0.15, 0.2) is 188 Å². The summed E-state index contributed by atoms with van der Waals surface area (Å²) in [4.78, 5) is 25.2. The van der Waals surface area contributed by atoms with E-state index in [-0.39, 0.29) is 0 Å². The lowest BCUT2D eigenvalue weighted by atomic mass is 9.94. The molecule has 0 bridgehead atoms. The third-order valence-corrected chi connectivity index (χ3v) is 9.95. The lowest BCUT2D eigenvalue weighted by molar-refractivity contribution is 1.18. The summed E-state index contributed by atoms with van der Waals surface area (Å²) in [7, 11) is 0. The normalized spacial score (nSPS) is 11.3. The highest BCUT2D eigenvalue weighted by molar-refractivity contribution is 6.03. The van der Waals surface area contributed by atoms with Crippen LogP contribution >= 0.6 is 0 Å². The number of para-hydroxylation sites is 1. The second-order valence-electron chi connectivity index (χ2n) is 13.4. The van der Waals surface area contributed by atoms with Gasteiger partial charge in [-0.2, -0.15) is 0 Å². The molecule has 0 saturated heterocycles. The molecule has 10 aromatic rings. The van der Waals surface area contributed by atoms with Crippen LogP contribution in [0.25, 0.3) is 100 Å². The summed E-state index contributed by atoms with van der Waals surface area (Å²) in [6, 6.07) is 60.8. The van der Waals surface area contributed by atoms with Crippen LogP contribution in [0, 0.1) is 0 Å². The maximum Gasteiger partial charge on any atom is 0.160 e. The van der Waals surface area contributed by atoms with E-state index >= 15 is 0 Å². The third-order valence-electron chi connectivity index (χ3n) is 9.95. The number of fused-ring (bicyclic) bond motifs is 4. The van der Waals surface area contributed by atoms with Crippen LogP contribution in [0.5, 0.6) is 0 Å². The van der Waals surface area contributed by atoms with Crippen LogP contribution in [-0.4, -0.2) is 24.9 Å². The van der Waals surface area contributed by atoms with Crippen LogP contribution in [0.3, 0.4) is 0 Å². The zero-order valence-corrected chi connectivity index (χ0v) is 29.1. The fourth-order valence-electron chi connectivity index (χ4n) is 7.22. The van der Waals surface area contributed by atoms with Crippen LogP contribution in [0.4, 0.5) is 0 Å². The van der Waals surface area contributed by atoms with E-state index in [9.17, 15) is 0 Å². The minimum absolute atomic E-state index is 0.662. The summed E-state index contributed by atoms with van der Waals surface area (Å²) in [6.45, 7) is 0. The summed E-state index contributed by atoms with van der Waals surface area (Å²) in [5.41, 5.74) is 13.5. The van der Waals surface area contributed by atoms with Crippen LogP contribution in [0.2, 0.25) is 0 Å². The van der Waals surface area contributed by atoms with Gasteiger partial charge in [-0.15, -0.1) is 0 Å². The standard InChI is InChI=1S/C49H31N5/c1-3-10-32(11-4-1)33-18-20-34(21-19-33)44-31-45(54-49(53-44)38-12-5-2-6-13-38)41-29-39(42-17-7-14-35-15-8-26-50-46(35)42)28-40(30-41)43-25-24-37-23-22-36-16-9-27-51-47(36)48(37)52-43/h1-31H. The lowest BCUT2D eigenvalue weighted by Gasteiger charge is -2.14. The summed E-state index contributed by atoms with van der Waals surface area (Å²) >= 11 is 0. The highest BCUT2D eigenvalue weighted by Crippen LogP contribution is 2.37. The third kappa shape index (κ3) is 5.84. The van der Waals surface area contributed by atoms with Gasteiger partial charge < -0.3 is 0 Å². The molecule has 4 aromatic heterocycles. The summed E-state index contributed by atoms with van der Waals surface area (Å²) in [6.07, 6.45) is 3.68. The Balaban J connectivity index is 1.19. The molecule has 0 aliphatic rings. The fourth-order valence-corrected chi connectivity index (χ4v) is 7.22. The van der Waals surface area contributed by atoms with Crippen molar-refractivity contribution in [3.05, 3.63) is 188 Å². The molecule has 0 N–H and O–H groups in total. The number of nitrogens with zero attached hydrogens (tertiary/aromatic N) is 5. The first kappa shape index (κ1) is 31.4. The van der Waals surface area contributed by atoms with Crippen molar-refractivity contribution < 1.29 is 0 Å². The Bertz CT molecular complexity index is 2970. The zero-order chi connectivity index (χ0) is 35.8. The quantitative estimate of drug-likeness (QED) is 0.163. The molecule has 0 aliphatic heterocycles. The van der Waals surface area contributed by atoms with E-state index in [1.807, 2.05) is 48.8 Å². The highest BCUT2D eigenvalue weighted by atomic mass is 14.9. The van der Waals surface area contributed by atoms with Crippen LogP contribution < -0.4 is 0 Å². The van der Waals surface area contributed by atoms with Crippen molar-refractivity contribution in [2.45, 2.75) is 0 Å². The number of hydrogen-bond donors (Lipinski definition) is 0. The van der Waals surface area contributed by atoms with Gasteiger partial charge in [0.15, 0.2) is 5.82 Å². The zero-order valence-electron chi connectivity index (χ0n) is 29.1. The maximum absolute atomic E-state index is 5.26. The molecule has 0 spiro atoms. The smallest absolute Gasteiger partial charge is 0.160 e. The van der Waals surface area contributed by atoms with Crippen molar-refractivity contribution >= 4 is 32.7 Å². The molecule has 0 unspecified atom stereocenters. The molecule has 0 amide bonds. The minimum atomic E-state index is 0.662. The van der Waals surface area contributed by atoms with Crippen molar-refractivity contribution in [3.63, 3.8) is 0 Å². The van der Waals surface area contributed by atoms with E-state index in [2.05, 4.69) is 140 Å². The van der Waals surface area contributed by atoms with E-state index in [0.29, 0.717) is 5.82 Å². The molecule has 5 heteroatoms. The average molecular weight is 690 g/mol. The molecule has 0 saturated carbocycles. The van der Waals surface area contributed by atoms with Crippen molar-refractivity contribution in [1.29, 1.82) is 0 Å². The predicted molar refractivity (Wildman–Crippen MR) is 221 cm³/mol. The van der Waals surface area contributed by atoms with E-state index in [1.54, 1.807) is 0 Å². The minimum Gasteiger partial charge on any atom is -0.256 e. The van der Waals surface area contributed by atoms with E-state index in [1.165, 1.54) is 5.56 Å². The van der Waals surface area contributed by atoms with Gasteiger partial charge in [-0.1, -0.05) is 133 Å². The molecular weight excluding hydrogens is 659 g/mol. The van der Waals surface area contributed by atoms with Crippen molar-refractivity contribution in [1.82, 2.24) is 24.9 Å². The van der Waals surface area contributed by atoms with Crippen LogP contribution in [0.1, 0.15) is 0 Å². The Morgan fingerprint density at radius 2 is 0.815 bits per heavy atom. The molecule has 0 fully saturated rings. The molecule has 252 valence electrons. The Kier molecular flexibility index (Phi) is 7.73. The van der Waals surface area contributed by atoms with Gasteiger partial charge in [0.1, 0.15) is 0 Å². The fraction of sp³-hybridized carbons (Fsp3) is 0. The summed E-state index contributed by atoms with van der Waals surface area (Å²) < 4.78 is 0. The first-order valence-electron chi connectivity index (χ1n) is 18.0. The van der Waals surface area contributed by atoms with E-state index in [0.717, 1.165) is 88.7 Å². The van der Waals surface area contributed by atoms with Gasteiger partial charge in [-0.25, -0.2) is 15.0 Å². The number of benzene rings is 6. The molecule has 0 atom stereocenters. The monoisotopic (exact) mass is 689 g/mol. The van der Waals surface area contributed by atoms with Crippen LogP contribution in [-0.2, 0) is 0 Å². The average Bonchev–Trinajstić information content (AvgIpc) is 3.26. The van der Waals surface area contributed by atoms with Gasteiger partial charge in [-0.3, -0.25) is 9.97 Å². The van der Waals surface area contributed by atoms with Crippen molar-refractivity contribution in [3.8, 4) is 67.4 Å². The molecule has 6 aromatic carbocycles. The van der Waals surface area contributed by atoms with Crippen molar-refractivity contribution in [2.75, 3.05) is 0 Å². The molecule has 5 nitrogen and oxygen atoms in total. The van der Waals surface area contributed by atoms with Crippen molar-refractivity contribution in [2.24, 2.45) is 0 Å². The molecular formula is C49H31N5. The first-order chi connectivity index (χ1) is 26.7.